The highest BCUT2D eigenvalue weighted by Gasteiger charge is 2.39. The number of aromatic nitrogens is 1. The second-order valence-corrected chi connectivity index (χ2v) is 5.89. The van der Waals surface area contributed by atoms with E-state index in [1.807, 2.05) is 31.2 Å². The SMILES string of the molecule is Cc1cc(OC(=O)NCCc2c(C)[nH]c3ccccc23)c(C(F)(F)F)o1. The van der Waals surface area contributed by atoms with Crippen LogP contribution in [0.2, 0.25) is 0 Å². The van der Waals surface area contributed by atoms with Crippen LogP contribution in [-0.4, -0.2) is 17.6 Å². The number of amides is 1. The van der Waals surface area contributed by atoms with Crippen molar-refractivity contribution in [1.82, 2.24) is 10.3 Å². The molecule has 1 aromatic carbocycles. The summed E-state index contributed by atoms with van der Waals surface area (Å²) in [6.45, 7) is 3.50. The summed E-state index contributed by atoms with van der Waals surface area (Å²) in [5.41, 5.74) is 3.01. The fraction of sp³-hybridized carbons (Fsp3) is 0.278. The number of alkyl halides is 3. The summed E-state index contributed by atoms with van der Waals surface area (Å²) in [5.74, 6) is -1.96. The van der Waals surface area contributed by atoms with E-state index in [0.29, 0.717) is 6.42 Å². The van der Waals surface area contributed by atoms with Crippen molar-refractivity contribution >= 4 is 17.0 Å². The third kappa shape index (κ3) is 3.68. The van der Waals surface area contributed by atoms with Crippen molar-refractivity contribution in [2.75, 3.05) is 6.54 Å². The zero-order valence-electron chi connectivity index (χ0n) is 14.2. The van der Waals surface area contributed by atoms with E-state index in [1.54, 1.807) is 0 Å². The predicted octanol–water partition coefficient (Wildman–Crippen LogP) is 4.73. The molecule has 1 amide bonds. The molecule has 0 spiro atoms. The van der Waals surface area contributed by atoms with Crippen molar-refractivity contribution in [3.05, 3.63) is 53.1 Å². The highest BCUT2D eigenvalue weighted by atomic mass is 19.4. The maximum Gasteiger partial charge on any atom is 0.453 e. The first-order chi connectivity index (χ1) is 12.3. The van der Waals surface area contributed by atoms with Crippen LogP contribution >= 0.6 is 0 Å². The minimum Gasteiger partial charge on any atom is -0.453 e. The van der Waals surface area contributed by atoms with Gasteiger partial charge in [0.2, 0.25) is 0 Å². The van der Waals surface area contributed by atoms with Crippen molar-refractivity contribution < 1.29 is 27.1 Å². The Bertz CT molecular complexity index is 941. The fourth-order valence-corrected chi connectivity index (χ4v) is 2.85. The number of aromatic amines is 1. The second kappa shape index (κ2) is 6.78. The number of furan rings is 1. The molecule has 3 aromatic rings. The zero-order valence-corrected chi connectivity index (χ0v) is 14.2. The van der Waals surface area contributed by atoms with Gasteiger partial charge in [-0.1, -0.05) is 18.2 Å². The maximum absolute atomic E-state index is 12.8. The van der Waals surface area contributed by atoms with Gasteiger partial charge in [-0.05, 0) is 31.9 Å². The summed E-state index contributed by atoms with van der Waals surface area (Å²) in [4.78, 5) is 15.1. The van der Waals surface area contributed by atoms with E-state index in [9.17, 15) is 18.0 Å². The van der Waals surface area contributed by atoms with Gasteiger partial charge in [0.25, 0.3) is 5.76 Å². The van der Waals surface area contributed by atoms with E-state index in [2.05, 4.69) is 14.7 Å². The van der Waals surface area contributed by atoms with Gasteiger partial charge in [-0.2, -0.15) is 13.2 Å². The van der Waals surface area contributed by atoms with Crippen molar-refractivity contribution in [3.63, 3.8) is 0 Å². The van der Waals surface area contributed by atoms with Crippen molar-refractivity contribution in [2.24, 2.45) is 0 Å². The molecule has 8 heteroatoms. The molecular weight excluding hydrogens is 349 g/mol. The molecular formula is C18H17F3N2O3. The van der Waals surface area contributed by atoms with Gasteiger partial charge in [-0.3, -0.25) is 0 Å². The van der Waals surface area contributed by atoms with Crippen molar-refractivity contribution in [2.45, 2.75) is 26.4 Å². The summed E-state index contributed by atoms with van der Waals surface area (Å²) >= 11 is 0. The highest BCUT2D eigenvalue weighted by Crippen LogP contribution is 2.38. The fourth-order valence-electron chi connectivity index (χ4n) is 2.85. The van der Waals surface area contributed by atoms with Gasteiger partial charge < -0.3 is 19.5 Å². The topological polar surface area (TPSA) is 67.3 Å². The predicted molar refractivity (Wildman–Crippen MR) is 89.2 cm³/mol. The minimum absolute atomic E-state index is 0.00884. The number of aryl methyl sites for hydroxylation is 2. The number of fused-ring (bicyclic) bond motifs is 1. The first-order valence-electron chi connectivity index (χ1n) is 7.95. The number of para-hydroxylation sites is 1. The number of halogens is 3. The van der Waals surface area contributed by atoms with Crippen LogP contribution < -0.4 is 10.1 Å². The smallest absolute Gasteiger partial charge is 0.453 e. The molecule has 2 N–H and O–H groups in total. The van der Waals surface area contributed by atoms with Crippen molar-refractivity contribution in [1.29, 1.82) is 0 Å². The molecule has 2 aromatic heterocycles. The van der Waals surface area contributed by atoms with E-state index < -0.39 is 23.8 Å². The van der Waals surface area contributed by atoms with Gasteiger partial charge in [0.1, 0.15) is 5.76 Å². The zero-order chi connectivity index (χ0) is 18.9. The highest BCUT2D eigenvalue weighted by molar-refractivity contribution is 5.84. The average Bonchev–Trinajstić information content (AvgIpc) is 3.07. The monoisotopic (exact) mass is 366 g/mol. The van der Waals surface area contributed by atoms with Gasteiger partial charge in [-0.25, -0.2) is 4.79 Å². The number of hydrogen-bond donors (Lipinski definition) is 2. The van der Waals surface area contributed by atoms with Gasteiger partial charge >= 0.3 is 12.3 Å². The third-order valence-corrected chi connectivity index (χ3v) is 3.95. The lowest BCUT2D eigenvalue weighted by Crippen LogP contribution is -2.29. The number of carbonyl (C=O) groups is 1. The summed E-state index contributed by atoms with van der Waals surface area (Å²) in [6, 6.07) is 8.79. The molecule has 3 rings (SSSR count). The Morgan fingerprint density at radius 2 is 2.00 bits per heavy atom. The lowest BCUT2D eigenvalue weighted by Gasteiger charge is -2.08. The Morgan fingerprint density at radius 3 is 2.73 bits per heavy atom. The molecule has 0 saturated heterocycles. The van der Waals surface area contributed by atoms with E-state index in [1.165, 1.54) is 6.92 Å². The third-order valence-electron chi connectivity index (χ3n) is 3.95. The standard InChI is InChI=1S/C18H17F3N2O3/c1-10-9-15(16(25-10)18(19,20)21)26-17(24)22-8-7-12-11(2)23-14-6-4-3-5-13(12)14/h3-6,9,23H,7-8H2,1-2H3,(H,22,24). The summed E-state index contributed by atoms with van der Waals surface area (Å²) < 4.78 is 47.8. The molecule has 0 unspecified atom stereocenters. The van der Waals surface area contributed by atoms with E-state index in [-0.39, 0.29) is 12.3 Å². The normalized spacial score (nSPS) is 11.7. The number of rotatable bonds is 4. The van der Waals surface area contributed by atoms with Gasteiger partial charge in [0.05, 0.1) is 0 Å². The van der Waals surface area contributed by atoms with Crippen LogP contribution in [0.4, 0.5) is 18.0 Å². The summed E-state index contributed by atoms with van der Waals surface area (Å²) in [7, 11) is 0. The molecule has 0 saturated carbocycles. The second-order valence-electron chi connectivity index (χ2n) is 5.89. The molecule has 0 aliphatic rings. The first kappa shape index (κ1) is 17.9. The van der Waals surface area contributed by atoms with E-state index >= 15 is 0 Å². The summed E-state index contributed by atoms with van der Waals surface area (Å²) in [6.07, 6.45) is -5.18. The Labute approximate surface area is 147 Å². The van der Waals surface area contributed by atoms with Crippen molar-refractivity contribution in [3.8, 4) is 5.75 Å². The van der Waals surface area contributed by atoms with E-state index in [0.717, 1.165) is 28.2 Å². The van der Waals surface area contributed by atoms with E-state index in [4.69, 9.17) is 4.74 Å². The largest absolute Gasteiger partial charge is 0.453 e. The van der Waals surface area contributed by atoms with Crippen LogP contribution in [0.15, 0.2) is 34.7 Å². The quantitative estimate of drug-likeness (QED) is 0.702. The molecule has 0 radical (unpaired) electrons. The van der Waals surface area contributed by atoms with Crippen LogP contribution in [0, 0.1) is 13.8 Å². The number of carbonyl (C=O) groups excluding carboxylic acids is 1. The lowest BCUT2D eigenvalue weighted by molar-refractivity contribution is -0.154. The molecule has 2 heterocycles. The summed E-state index contributed by atoms with van der Waals surface area (Å²) in [5, 5.41) is 3.51. The number of nitrogens with one attached hydrogen (secondary N) is 2. The minimum atomic E-state index is -4.73. The van der Waals surface area contributed by atoms with Crippen LogP contribution in [0.5, 0.6) is 5.75 Å². The van der Waals surface area contributed by atoms with Gasteiger partial charge in [0.15, 0.2) is 5.75 Å². The van der Waals surface area contributed by atoms with Crippen LogP contribution in [0.3, 0.4) is 0 Å². The molecule has 0 fully saturated rings. The molecule has 0 aliphatic heterocycles. The Hall–Kier alpha value is -2.90. The first-order valence-corrected chi connectivity index (χ1v) is 7.95. The van der Waals surface area contributed by atoms with Crippen LogP contribution in [0.25, 0.3) is 10.9 Å². The molecule has 138 valence electrons. The molecule has 0 aliphatic carbocycles. The lowest BCUT2D eigenvalue weighted by atomic mass is 10.1. The average molecular weight is 366 g/mol. The maximum atomic E-state index is 12.8. The van der Waals surface area contributed by atoms with Gasteiger partial charge in [-0.15, -0.1) is 0 Å². The molecule has 5 nitrogen and oxygen atoms in total. The molecule has 26 heavy (non-hydrogen) atoms. The Morgan fingerprint density at radius 1 is 1.27 bits per heavy atom. The van der Waals surface area contributed by atoms with Crippen LogP contribution in [-0.2, 0) is 12.6 Å². The number of H-pyrrole nitrogens is 1. The Kier molecular flexibility index (Phi) is 4.67. The molecule has 0 atom stereocenters. The number of ether oxygens (including phenoxy) is 1. The van der Waals surface area contributed by atoms with Gasteiger partial charge in [0, 0.05) is 29.2 Å². The number of benzene rings is 1. The number of hydrogen-bond acceptors (Lipinski definition) is 3. The van der Waals surface area contributed by atoms with Crippen LogP contribution in [0.1, 0.15) is 22.8 Å². The molecule has 0 bridgehead atoms. The Balaban J connectivity index is 1.62.